The molecule has 0 aliphatic heterocycles. The van der Waals surface area contributed by atoms with Crippen molar-refractivity contribution in [1.29, 1.82) is 0 Å². The van der Waals surface area contributed by atoms with Crippen molar-refractivity contribution in [2.75, 3.05) is 13.2 Å². The molecule has 1 aliphatic carbocycles. The van der Waals surface area contributed by atoms with E-state index in [1.807, 2.05) is 0 Å². The minimum absolute atomic E-state index is 0.782. The minimum atomic E-state index is 0.782. The van der Waals surface area contributed by atoms with Crippen molar-refractivity contribution in [1.82, 2.24) is 0 Å². The molecule has 2 heteroatoms. The van der Waals surface area contributed by atoms with Gasteiger partial charge in [-0.15, -0.1) is 0 Å². The summed E-state index contributed by atoms with van der Waals surface area (Å²) >= 11 is 0. The Kier molecular flexibility index (Phi) is 5.06. The number of benzene rings is 1. The predicted molar refractivity (Wildman–Crippen MR) is 76.0 cm³/mol. The van der Waals surface area contributed by atoms with Gasteiger partial charge in [0.1, 0.15) is 5.75 Å². The van der Waals surface area contributed by atoms with Crippen LogP contribution < -0.4 is 10.5 Å². The summed E-state index contributed by atoms with van der Waals surface area (Å²) in [5.74, 6) is 1.88. The molecule has 0 spiro atoms. The van der Waals surface area contributed by atoms with Gasteiger partial charge in [-0.05, 0) is 63.1 Å². The lowest BCUT2D eigenvalue weighted by atomic mass is 9.86. The zero-order valence-electron chi connectivity index (χ0n) is 11.5. The van der Waals surface area contributed by atoms with Crippen molar-refractivity contribution < 1.29 is 4.74 Å². The SMILES string of the molecule is Cc1ccc(OCC2CCC2)c(CCCCN)c1. The largest absolute Gasteiger partial charge is 0.493 e. The van der Waals surface area contributed by atoms with E-state index in [1.165, 1.54) is 30.4 Å². The molecule has 100 valence electrons. The monoisotopic (exact) mass is 247 g/mol. The third kappa shape index (κ3) is 3.74. The number of ether oxygens (including phenoxy) is 1. The molecule has 1 saturated carbocycles. The fourth-order valence-electron chi connectivity index (χ4n) is 2.37. The first-order valence-electron chi connectivity index (χ1n) is 7.22. The molecule has 0 aromatic heterocycles. The second-order valence-corrected chi connectivity index (χ2v) is 5.46. The molecular formula is C16H25NO. The lowest BCUT2D eigenvalue weighted by Gasteiger charge is -2.25. The summed E-state index contributed by atoms with van der Waals surface area (Å²) in [5, 5.41) is 0. The average molecular weight is 247 g/mol. The Morgan fingerprint density at radius 2 is 2.11 bits per heavy atom. The number of nitrogens with two attached hydrogens (primary N) is 1. The first-order chi connectivity index (χ1) is 8.79. The number of hydrogen-bond donors (Lipinski definition) is 1. The maximum Gasteiger partial charge on any atom is 0.122 e. The molecule has 0 saturated heterocycles. The van der Waals surface area contributed by atoms with E-state index in [9.17, 15) is 0 Å². The van der Waals surface area contributed by atoms with Gasteiger partial charge >= 0.3 is 0 Å². The zero-order valence-corrected chi connectivity index (χ0v) is 11.5. The van der Waals surface area contributed by atoms with Crippen LogP contribution in [0.5, 0.6) is 5.75 Å². The topological polar surface area (TPSA) is 35.2 Å². The van der Waals surface area contributed by atoms with E-state index in [1.54, 1.807) is 0 Å². The van der Waals surface area contributed by atoms with Gasteiger partial charge in [-0.25, -0.2) is 0 Å². The number of aryl methyl sites for hydroxylation is 2. The van der Waals surface area contributed by atoms with E-state index in [0.717, 1.165) is 44.1 Å². The fourth-order valence-corrected chi connectivity index (χ4v) is 2.37. The molecule has 1 aromatic carbocycles. The van der Waals surface area contributed by atoms with Crippen LogP contribution in [0.4, 0.5) is 0 Å². The molecule has 1 aliphatic rings. The van der Waals surface area contributed by atoms with Gasteiger partial charge in [0, 0.05) is 0 Å². The standard InChI is InChI=1S/C16H25NO/c1-13-8-9-16(18-12-14-5-4-6-14)15(11-13)7-2-3-10-17/h8-9,11,14H,2-7,10,12,17H2,1H3. The van der Waals surface area contributed by atoms with Crippen LogP contribution in [0.2, 0.25) is 0 Å². The van der Waals surface area contributed by atoms with Crippen molar-refractivity contribution in [3.05, 3.63) is 29.3 Å². The molecule has 0 amide bonds. The summed E-state index contributed by atoms with van der Waals surface area (Å²) in [4.78, 5) is 0. The molecular weight excluding hydrogens is 222 g/mol. The Labute approximate surface area is 111 Å². The van der Waals surface area contributed by atoms with Crippen LogP contribution in [0, 0.1) is 12.8 Å². The van der Waals surface area contributed by atoms with Crippen LogP contribution in [0.15, 0.2) is 18.2 Å². The van der Waals surface area contributed by atoms with Gasteiger partial charge in [0.25, 0.3) is 0 Å². The van der Waals surface area contributed by atoms with Gasteiger partial charge in [0.2, 0.25) is 0 Å². The third-order valence-electron chi connectivity index (χ3n) is 3.82. The van der Waals surface area contributed by atoms with Gasteiger partial charge in [-0.1, -0.05) is 24.1 Å². The third-order valence-corrected chi connectivity index (χ3v) is 3.82. The molecule has 18 heavy (non-hydrogen) atoms. The second-order valence-electron chi connectivity index (χ2n) is 5.46. The summed E-state index contributed by atoms with van der Waals surface area (Å²) in [6, 6.07) is 6.53. The summed E-state index contributed by atoms with van der Waals surface area (Å²) in [7, 11) is 0. The highest BCUT2D eigenvalue weighted by molar-refractivity contribution is 5.37. The summed E-state index contributed by atoms with van der Waals surface area (Å²) in [6.07, 6.45) is 7.39. The molecule has 0 atom stereocenters. The van der Waals surface area contributed by atoms with Gasteiger partial charge in [-0.3, -0.25) is 0 Å². The molecule has 0 radical (unpaired) electrons. The lowest BCUT2D eigenvalue weighted by molar-refractivity contribution is 0.179. The van der Waals surface area contributed by atoms with Crippen LogP contribution in [0.1, 0.15) is 43.2 Å². The first kappa shape index (κ1) is 13.4. The predicted octanol–water partition coefficient (Wildman–Crippen LogP) is 3.46. The molecule has 2 rings (SSSR count). The van der Waals surface area contributed by atoms with E-state index in [0.29, 0.717) is 0 Å². The molecule has 0 bridgehead atoms. The molecule has 2 nitrogen and oxygen atoms in total. The van der Waals surface area contributed by atoms with E-state index in [2.05, 4.69) is 25.1 Å². The fraction of sp³-hybridized carbons (Fsp3) is 0.625. The summed E-state index contributed by atoms with van der Waals surface area (Å²) in [5.41, 5.74) is 8.22. The van der Waals surface area contributed by atoms with Crippen molar-refractivity contribution in [2.24, 2.45) is 11.7 Å². The van der Waals surface area contributed by atoms with Gasteiger partial charge in [-0.2, -0.15) is 0 Å². The van der Waals surface area contributed by atoms with Crippen LogP contribution in [0.25, 0.3) is 0 Å². The Balaban J connectivity index is 1.92. The normalized spacial score (nSPS) is 15.4. The van der Waals surface area contributed by atoms with Crippen molar-refractivity contribution in [3.8, 4) is 5.75 Å². The van der Waals surface area contributed by atoms with Gasteiger partial charge in [0.15, 0.2) is 0 Å². The maximum atomic E-state index is 6.00. The van der Waals surface area contributed by atoms with Crippen LogP contribution in [-0.2, 0) is 6.42 Å². The highest BCUT2D eigenvalue weighted by atomic mass is 16.5. The van der Waals surface area contributed by atoms with Crippen molar-refractivity contribution in [2.45, 2.75) is 45.4 Å². The van der Waals surface area contributed by atoms with Crippen molar-refractivity contribution in [3.63, 3.8) is 0 Å². The van der Waals surface area contributed by atoms with E-state index < -0.39 is 0 Å². The van der Waals surface area contributed by atoms with Gasteiger partial charge < -0.3 is 10.5 Å². The summed E-state index contributed by atoms with van der Waals surface area (Å²) in [6.45, 7) is 3.82. The second kappa shape index (κ2) is 6.79. The Bertz CT molecular complexity index is 371. The Morgan fingerprint density at radius 3 is 2.78 bits per heavy atom. The number of hydrogen-bond acceptors (Lipinski definition) is 2. The molecule has 1 fully saturated rings. The van der Waals surface area contributed by atoms with Crippen LogP contribution >= 0.6 is 0 Å². The molecule has 1 aromatic rings. The number of unbranched alkanes of at least 4 members (excludes halogenated alkanes) is 1. The lowest BCUT2D eigenvalue weighted by Crippen LogP contribution is -2.19. The molecule has 0 unspecified atom stereocenters. The highest BCUT2D eigenvalue weighted by Gasteiger charge is 2.18. The Morgan fingerprint density at radius 1 is 1.28 bits per heavy atom. The van der Waals surface area contributed by atoms with Crippen LogP contribution in [0.3, 0.4) is 0 Å². The van der Waals surface area contributed by atoms with Gasteiger partial charge in [0.05, 0.1) is 6.61 Å². The Hall–Kier alpha value is -1.02. The highest BCUT2D eigenvalue weighted by Crippen LogP contribution is 2.29. The molecule has 2 N–H and O–H groups in total. The zero-order chi connectivity index (χ0) is 12.8. The van der Waals surface area contributed by atoms with Crippen molar-refractivity contribution >= 4 is 0 Å². The maximum absolute atomic E-state index is 6.00. The van der Waals surface area contributed by atoms with E-state index in [4.69, 9.17) is 10.5 Å². The minimum Gasteiger partial charge on any atom is -0.493 e. The molecule has 0 heterocycles. The average Bonchev–Trinajstić information content (AvgIpc) is 2.30. The van der Waals surface area contributed by atoms with E-state index in [-0.39, 0.29) is 0 Å². The first-order valence-corrected chi connectivity index (χ1v) is 7.22. The number of rotatable bonds is 7. The smallest absolute Gasteiger partial charge is 0.122 e. The van der Waals surface area contributed by atoms with E-state index >= 15 is 0 Å². The summed E-state index contributed by atoms with van der Waals surface area (Å²) < 4.78 is 6.00. The van der Waals surface area contributed by atoms with Crippen LogP contribution in [-0.4, -0.2) is 13.2 Å². The quantitative estimate of drug-likeness (QED) is 0.749.